The summed E-state index contributed by atoms with van der Waals surface area (Å²) in [5, 5.41) is 10.7. The molecule has 94 valence electrons. The number of hydrogen-bond donors (Lipinski definition) is 1. The number of carbonyl (C=O) groups excluding carboxylic acids is 1. The standard InChI is InChI=1S/C13H13NO3S/c1-8-6-9(7-11(15)16)14(2)12(8)13(17)10-4-3-5-18-10/h3-6H,7H2,1-2H3,(H,15,16). The number of hydrogen-bond acceptors (Lipinski definition) is 3. The lowest BCUT2D eigenvalue weighted by Crippen LogP contribution is -2.11. The lowest BCUT2D eigenvalue weighted by molar-refractivity contribution is -0.136. The molecule has 0 radical (unpaired) electrons. The molecule has 2 aromatic rings. The highest BCUT2D eigenvalue weighted by Crippen LogP contribution is 2.21. The molecule has 2 aromatic heterocycles. The molecule has 4 nitrogen and oxygen atoms in total. The van der Waals surface area contributed by atoms with Crippen molar-refractivity contribution in [2.24, 2.45) is 7.05 Å². The predicted octanol–water partition coefficient (Wildman–Crippen LogP) is 2.25. The zero-order valence-electron chi connectivity index (χ0n) is 10.1. The molecule has 0 spiro atoms. The first-order valence-corrected chi connectivity index (χ1v) is 6.34. The SMILES string of the molecule is Cc1cc(CC(=O)O)n(C)c1C(=O)c1cccs1. The summed E-state index contributed by atoms with van der Waals surface area (Å²) in [6.07, 6.45) is -0.0743. The maximum absolute atomic E-state index is 12.3. The van der Waals surface area contributed by atoms with Gasteiger partial charge in [0.15, 0.2) is 0 Å². The zero-order valence-corrected chi connectivity index (χ0v) is 11.0. The van der Waals surface area contributed by atoms with Crippen LogP contribution in [0.2, 0.25) is 0 Å². The van der Waals surface area contributed by atoms with E-state index in [0.717, 1.165) is 5.56 Å². The molecule has 0 aliphatic rings. The van der Waals surface area contributed by atoms with Crippen LogP contribution in [0.25, 0.3) is 0 Å². The first-order valence-electron chi connectivity index (χ1n) is 5.46. The average molecular weight is 263 g/mol. The van der Waals surface area contributed by atoms with Crippen LogP contribution < -0.4 is 0 Å². The van der Waals surface area contributed by atoms with Gasteiger partial charge in [0.2, 0.25) is 5.78 Å². The number of aromatic nitrogens is 1. The molecule has 1 N–H and O–H groups in total. The summed E-state index contributed by atoms with van der Waals surface area (Å²) in [6.45, 7) is 1.83. The minimum absolute atomic E-state index is 0.0540. The van der Waals surface area contributed by atoms with E-state index in [9.17, 15) is 9.59 Å². The van der Waals surface area contributed by atoms with E-state index in [2.05, 4.69) is 0 Å². The molecule has 0 unspecified atom stereocenters. The van der Waals surface area contributed by atoms with E-state index in [0.29, 0.717) is 16.3 Å². The van der Waals surface area contributed by atoms with E-state index in [4.69, 9.17) is 5.11 Å². The zero-order chi connectivity index (χ0) is 13.3. The van der Waals surface area contributed by atoms with Crippen LogP contribution in [0.1, 0.15) is 26.6 Å². The van der Waals surface area contributed by atoms with Gasteiger partial charge >= 0.3 is 5.97 Å². The number of ketones is 1. The molecule has 2 rings (SSSR count). The van der Waals surface area contributed by atoms with Crippen molar-refractivity contribution in [3.05, 3.63) is 45.4 Å². The Morgan fingerprint density at radius 1 is 1.44 bits per heavy atom. The maximum Gasteiger partial charge on any atom is 0.309 e. The van der Waals surface area contributed by atoms with Gasteiger partial charge in [-0.15, -0.1) is 11.3 Å². The second kappa shape index (κ2) is 4.78. The second-order valence-corrected chi connectivity index (χ2v) is 5.05. The summed E-state index contributed by atoms with van der Waals surface area (Å²) in [5.74, 6) is -0.952. The third kappa shape index (κ3) is 2.22. The molecule has 0 aliphatic heterocycles. The van der Waals surface area contributed by atoms with E-state index in [1.165, 1.54) is 11.3 Å². The van der Waals surface area contributed by atoms with Crippen molar-refractivity contribution in [1.29, 1.82) is 0 Å². The topological polar surface area (TPSA) is 59.3 Å². The van der Waals surface area contributed by atoms with Crippen molar-refractivity contribution in [2.75, 3.05) is 0 Å². The number of aryl methyl sites for hydroxylation is 1. The monoisotopic (exact) mass is 263 g/mol. The molecule has 0 aromatic carbocycles. The fourth-order valence-corrected chi connectivity index (χ4v) is 2.67. The van der Waals surface area contributed by atoms with Crippen molar-refractivity contribution in [2.45, 2.75) is 13.3 Å². The largest absolute Gasteiger partial charge is 0.481 e. The van der Waals surface area contributed by atoms with Crippen molar-refractivity contribution < 1.29 is 14.7 Å². The Kier molecular flexibility index (Phi) is 3.34. The average Bonchev–Trinajstić information content (AvgIpc) is 2.87. The molecule has 0 aliphatic carbocycles. The van der Waals surface area contributed by atoms with Crippen molar-refractivity contribution in [1.82, 2.24) is 4.57 Å². The molecular formula is C13H13NO3S. The van der Waals surface area contributed by atoms with E-state index >= 15 is 0 Å². The minimum atomic E-state index is -0.897. The minimum Gasteiger partial charge on any atom is -0.481 e. The molecule has 0 saturated carbocycles. The number of nitrogens with zero attached hydrogens (tertiary/aromatic N) is 1. The lowest BCUT2D eigenvalue weighted by atomic mass is 10.1. The van der Waals surface area contributed by atoms with Gasteiger partial charge in [-0.05, 0) is 30.0 Å². The van der Waals surface area contributed by atoms with Crippen LogP contribution in [0.15, 0.2) is 23.6 Å². The molecule has 0 atom stereocenters. The predicted molar refractivity (Wildman–Crippen MR) is 69.2 cm³/mol. The maximum atomic E-state index is 12.3. The van der Waals surface area contributed by atoms with Gasteiger partial charge in [-0.1, -0.05) is 6.07 Å². The van der Waals surface area contributed by atoms with E-state index in [1.54, 1.807) is 23.7 Å². The highest BCUT2D eigenvalue weighted by Gasteiger charge is 2.19. The molecule has 0 fully saturated rings. The Hall–Kier alpha value is -1.88. The van der Waals surface area contributed by atoms with Crippen LogP contribution in [0.4, 0.5) is 0 Å². The molecule has 18 heavy (non-hydrogen) atoms. The van der Waals surface area contributed by atoms with Crippen molar-refractivity contribution in [3.63, 3.8) is 0 Å². The summed E-state index contributed by atoms with van der Waals surface area (Å²) in [4.78, 5) is 23.7. The fourth-order valence-electron chi connectivity index (χ4n) is 2.00. The van der Waals surface area contributed by atoms with E-state index in [1.807, 2.05) is 18.4 Å². The van der Waals surface area contributed by atoms with Crippen LogP contribution in [-0.4, -0.2) is 21.4 Å². The Morgan fingerprint density at radius 2 is 2.17 bits per heavy atom. The number of carboxylic acids is 1. The summed E-state index contributed by atoms with van der Waals surface area (Å²) in [7, 11) is 1.73. The molecule has 5 heteroatoms. The first kappa shape index (κ1) is 12.6. The number of rotatable bonds is 4. The van der Waals surface area contributed by atoms with Gasteiger partial charge in [-0.25, -0.2) is 0 Å². The summed E-state index contributed by atoms with van der Waals surface area (Å²) >= 11 is 1.39. The molecule has 2 heterocycles. The number of carbonyl (C=O) groups is 2. The van der Waals surface area contributed by atoms with E-state index in [-0.39, 0.29) is 12.2 Å². The summed E-state index contributed by atoms with van der Waals surface area (Å²) in [5.41, 5.74) is 2.01. The molecule has 0 saturated heterocycles. The van der Waals surface area contributed by atoms with Crippen molar-refractivity contribution >= 4 is 23.1 Å². The summed E-state index contributed by atoms with van der Waals surface area (Å²) in [6, 6.07) is 5.36. The van der Waals surface area contributed by atoms with Gasteiger partial charge in [0.25, 0.3) is 0 Å². The van der Waals surface area contributed by atoms with Crippen molar-refractivity contribution in [3.8, 4) is 0 Å². The van der Waals surface area contributed by atoms with Crippen LogP contribution in [0, 0.1) is 6.92 Å². The van der Waals surface area contributed by atoms with Gasteiger partial charge < -0.3 is 9.67 Å². The smallest absolute Gasteiger partial charge is 0.309 e. The van der Waals surface area contributed by atoms with Gasteiger partial charge in [0.05, 0.1) is 17.0 Å². The van der Waals surface area contributed by atoms with Crippen LogP contribution in [-0.2, 0) is 18.3 Å². The normalized spacial score (nSPS) is 10.6. The van der Waals surface area contributed by atoms with Gasteiger partial charge in [0, 0.05) is 12.7 Å². The summed E-state index contributed by atoms with van der Waals surface area (Å²) < 4.78 is 1.67. The Balaban J connectivity index is 2.42. The molecule has 0 bridgehead atoms. The quantitative estimate of drug-likeness (QED) is 0.861. The first-order chi connectivity index (χ1) is 8.50. The third-order valence-corrected chi connectivity index (χ3v) is 3.68. The lowest BCUT2D eigenvalue weighted by Gasteiger charge is -2.05. The number of thiophene rings is 1. The Morgan fingerprint density at radius 3 is 2.72 bits per heavy atom. The van der Waals surface area contributed by atoms with Crippen LogP contribution in [0.3, 0.4) is 0 Å². The second-order valence-electron chi connectivity index (χ2n) is 4.10. The Labute approximate surface area is 108 Å². The van der Waals surface area contributed by atoms with Crippen LogP contribution in [0.5, 0.6) is 0 Å². The highest BCUT2D eigenvalue weighted by molar-refractivity contribution is 7.12. The number of carboxylic acid groups (broad SMARTS) is 1. The van der Waals surface area contributed by atoms with Gasteiger partial charge in [-0.2, -0.15) is 0 Å². The Bertz CT molecular complexity index is 596. The number of aliphatic carboxylic acids is 1. The van der Waals surface area contributed by atoms with Gasteiger partial charge in [-0.3, -0.25) is 9.59 Å². The molecule has 0 amide bonds. The highest BCUT2D eigenvalue weighted by atomic mass is 32.1. The van der Waals surface area contributed by atoms with Crippen LogP contribution >= 0.6 is 11.3 Å². The van der Waals surface area contributed by atoms with Gasteiger partial charge in [0.1, 0.15) is 0 Å². The molecular weight excluding hydrogens is 250 g/mol. The van der Waals surface area contributed by atoms with E-state index < -0.39 is 5.97 Å². The fraction of sp³-hybridized carbons (Fsp3) is 0.231. The third-order valence-electron chi connectivity index (χ3n) is 2.82.